The van der Waals surface area contributed by atoms with E-state index in [9.17, 15) is 4.79 Å². The molecule has 1 atom stereocenters. The number of carbonyl (C=O) groups is 1. The van der Waals surface area contributed by atoms with Crippen LogP contribution in [0.2, 0.25) is 0 Å². The Morgan fingerprint density at radius 2 is 2.50 bits per heavy atom. The molecule has 1 saturated carbocycles. The van der Waals surface area contributed by atoms with Gasteiger partial charge in [0.15, 0.2) is 0 Å². The number of hydrogen-bond donors (Lipinski definition) is 1. The van der Waals surface area contributed by atoms with Gasteiger partial charge in [0, 0.05) is 18.0 Å². The lowest BCUT2D eigenvalue weighted by molar-refractivity contribution is -0.137. The van der Waals surface area contributed by atoms with Crippen molar-refractivity contribution in [3.63, 3.8) is 0 Å². The lowest BCUT2D eigenvalue weighted by atomic mass is 10.2. The highest BCUT2D eigenvalue weighted by Gasteiger charge is 2.33. The number of nitrogens with zero attached hydrogens (tertiary/aromatic N) is 2. The molecule has 1 aliphatic rings. The van der Waals surface area contributed by atoms with Gasteiger partial charge in [-0.3, -0.25) is 9.69 Å². The van der Waals surface area contributed by atoms with Gasteiger partial charge in [-0.1, -0.05) is 0 Å². The van der Waals surface area contributed by atoms with Crippen molar-refractivity contribution in [3.05, 3.63) is 16.6 Å². The smallest absolute Gasteiger partial charge is 0.304 e. The van der Waals surface area contributed by atoms with Gasteiger partial charge >= 0.3 is 5.97 Å². The van der Waals surface area contributed by atoms with Crippen molar-refractivity contribution in [2.75, 3.05) is 6.54 Å². The van der Waals surface area contributed by atoms with Crippen LogP contribution in [0.3, 0.4) is 0 Å². The van der Waals surface area contributed by atoms with Crippen molar-refractivity contribution in [2.24, 2.45) is 0 Å². The highest BCUT2D eigenvalue weighted by Crippen LogP contribution is 2.34. The summed E-state index contributed by atoms with van der Waals surface area (Å²) in [7, 11) is 0. The summed E-state index contributed by atoms with van der Waals surface area (Å²) in [6, 6.07) is 0.800. The molecule has 2 rings (SSSR count). The normalized spacial score (nSPS) is 17.6. The highest BCUT2D eigenvalue weighted by molar-refractivity contribution is 7.07. The molecular formula is C11H16N2O2S. The van der Waals surface area contributed by atoms with Crippen molar-refractivity contribution >= 4 is 17.3 Å². The first kappa shape index (κ1) is 11.5. The maximum absolute atomic E-state index is 10.6. The molecule has 0 bridgehead atoms. The van der Waals surface area contributed by atoms with Gasteiger partial charge in [-0.05, 0) is 19.8 Å². The second-order valence-corrected chi connectivity index (χ2v) is 4.92. The molecule has 1 N–H and O–H groups in total. The van der Waals surface area contributed by atoms with Crippen LogP contribution in [0.5, 0.6) is 0 Å². The van der Waals surface area contributed by atoms with Crippen LogP contribution in [-0.4, -0.2) is 33.5 Å². The van der Waals surface area contributed by atoms with Gasteiger partial charge in [-0.25, -0.2) is 4.98 Å². The van der Waals surface area contributed by atoms with Crippen LogP contribution in [0.1, 0.15) is 37.9 Å². The summed E-state index contributed by atoms with van der Waals surface area (Å²) in [6.45, 7) is 2.73. The minimum Gasteiger partial charge on any atom is -0.481 e. The molecule has 0 spiro atoms. The largest absolute Gasteiger partial charge is 0.481 e. The first-order valence-electron chi connectivity index (χ1n) is 5.54. The van der Waals surface area contributed by atoms with Crippen LogP contribution in [0.15, 0.2) is 10.9 Å². The third-order valence-electron chi connectivity index (χ3n) is 2.98. The molecule has 0 aromatic carbocycles. The fraction of sp³-hybridized carbons (Fsp3) is 0.636. The first-order valence-corrected chi connectivity index (χ1v) is 6.48. The number of aromatic nitrogens is 1. The number of aliphatic carboxylic acids is 1. The number of carboxylic acid groups (broad SMARTS) is 1. The molecule has 0 radical (unpaired) electrons. The van der Waals surface area contributed by atoms with E-state index in [4.69, 9.17) is 5.11 Å². The van der Waals surface area contributed by atoms with Crippen LogP contribution in [0.25, 0.3) is 0 Å². The summed E-state index contributed by atoms with van der Waals surface area (Å²) >= 11 is 1.59. The van der Waals surface area contributed by atoms with Crippen molar-refractivity contribution in [1.82, 2.24) is 9.88 Å². The molecule has 1 unspecified atom stereocenters. The summed E-state index contributed by atoms with van der Waals surface area (Å²) in [5.41, 5.74) is 2.89. The Morgan fingerprint density at radius 1 is 1.75 bits per heavy atom. The van der Waals surface area contributed by atoms with Gasteiger partial charge in [0.1, 0.15) is 0 Å². The summed E-state index contributed by atoms with van der Waals surface area (Å²) < 4.78 is 0. The SMILES string of the molecule is CC(c1cscn1)N(CCC(=O)O)C1CC1. The summed E-state index contributed by atoms with van der Waals surface area (Å²) in [5.74, 6) is -0.726. The fourth-order valence-electron chi connectivity index (χ4n) is 1.92. The molecule has 1 fully saturated rings. The zero-order valence-electron chi connectivity index (χ0n) is 9.30. The van der Waals surface area contributed by atoms with E-state index in [1.54, 1.807) is 11.3 Å². The van der Waals surface area contributed by atoms with Crippen LogP contribution in [0, 0.1) is 0 Å². The Balaban J connectivity index is 1.98. The average molecular weight is 240 g/mol. The molecule has 1 aliphatic carbocycles. The highest BCUT2D eigenvalue weighted by atomic mass is 32.1. The summed E-state index contributed by atoms with van der Waals surface area (Å²) in [6.07, 6.45) is 2.59. The van der Waals surface area contributed by atoms with Crippen LogP contribution in [0.4, 0.5) is 0 Å². The minimum absolute atomic E-state index is 0.213. The molecule has 1 aromatic rings. The third kappa shape index (κ3) is 2.80. The number of carboxylic acids is 1. The Hall–Kier alpha value is -0.940. The molecular weight excluding hydrogens is 224 g/mol. The second-order valence-electron chi connectivity index (χ2n) is 4.20. The standard InChI is InChI=1S/C11H16N2O2S/c1-8(10-6-16-7-12-10)13(9-2-3-9)5-4-11(14)15/h6-9H,2-5H2,1H3,(H,14,15). The maximum Gasteiger partial charge on any atom is 0.304 e. The molecule has 0 amide bonds. The molecule has 4 nitrogen and oxygen atoms in total. The van der Waals surface area contributed by atoms with Crippen molar-refractivity contribution in [1.29, 1.82) is 0 Å². The zero-order chi connectivity index (χ0) is 11.5. The second kappa shape index (κ2) is 4.93. The van der Waals surface area contributed by atoms with Crippen LogP contribution >= 0.6 is 11.3 Å². The molecule has 1 heterocycles. The molecule has 88 valence electrons. The summed E-state index contributed by atoms with van der Waals surface area (Å²) in [4.78, 5) is 17.2. The zero-order valence-corrected chi connectivity index (χ0v) is 10.1. The lowest BCUT2D eigenvalue weighted by Gasteiger charge is -2.27. The number of thiazole rings is 1. The maximum atomic E-state index is 10.6. The molecule has 1 aromatic heterocycles. The van der Waals surface area contributed by atoms with E-state index in [1.165, 1.54) is 12.8 Å². The Kier molecular flexibility index (Phi) is 3.56. The monoisotopic (exact) mass is 240 g/mol. The van der Waals surface area contributed by atoms with Gasteiger partial charge in [0.25, 0.3) is 0 Å². The quantitative estimate of drug-likeness (QED) is 0.827. The molecule has 16 heavy (non-hydrogen) atoms. The predicted octanol–water partition coefficient (Wildman–Crippen LogP) is 2.14. The first-order chi connectivity index (χ1) is 7.68. The van der Waals surface area contributed by atoms with Gasteiger partial charge < -0.3 is 5.11 Å². The van der Waals surface area contributed by atoms with Crippen LogP contribution in [-0.2, 0) is 4.79 Å². The van der Waals surface area contributed by atoms with Gasteiger partial charge in [-0.15, -0.1) is 11.3 Å². The van der Waals surface area contributed by atoms with E-state index >= 15 is 0 Å². The van der Waals surface area contributed by atoms with Crippen molar-refractivity contribution < 1.29 is 9.90 Å². The minimum atomic E-state index is -0.726. The Labute approximate surface area is 98.9 Å². The van der Waals surface area contributed by atoms with Gasteiger partial charge in [0.05, 0.1) is 23.7 Å². The molecule has 0 saturated heterocycles. The van der Waals surface area contributed by atoms with Gasteiger partial charge in [-0.2, -0.15) is 0 Å². The molecule has 0 aliphatic heterocycles. The van der Waals surface area contributed by atoms with Gasteiger partial charge in [0.2, 0.25) is 0 Å². The molecule has 5 heteroatoms. The van der Waals surface area contributed by atoms with E-state index in [0.717, 1.165) is 5.69 Å². The van der Waals surface area contributed by atoms with Crippen molar-refractivity contribution in [2.45, 2.75) is 38.3 Å². The number of rotatable bonds is 6. The lowest BCUT2D eigenvalue weighted by Crippen LogP contribution is -2.31. The van der Waals surface area contributed by atoms with Crippen LogP contribution < -0.4 is 0 Å². The van der Waals surface area contributed by atoms with E-state index in [-0.39, 0.29) is 12.5 Å². The van der Waals surface area contributed by atoms with E-state index in [1.807, 2.05) is 10.9 Å². The Bertz CT molecular complexity index is 349. The van der Waals surface area contributed by atoms with E-state index in [0.29, 0.717) is 12.6 Å². The number of hydrogen-bond acceptors (Lipinski definition) is 4. The van der Waals surface area contributed by atoms with Crippen molar-refractivity contribution in [3.8, 4) is 0 Å². The van der Waals surface area contributed by atoms with E-state index in [2.05, 4.69) is 16.8 Å². The third-order valence-corrected chi connectivity index (χ3v) is 3.58. The topological polar surface area (TPSA) is 53.4 Å². The van der Waals surface area contributed by atoms with E-state index < -0.39 is 5.97 Å². The Morgan fingerprint density at radius 3 is 3.00 bits per heavy atom. The fourth-order valence-corrected chi connectivity index (χ4v) is 2.56. The average Bonchev–Trinajstić information content (AvgIpc) is 2.93. The predicted molar refractivity (Wildman–Crippen MR) is 62.5 cm³/mol. The summed E-state index contributed by atoms with van der Waals surface area (Å²) in [5, 5.41) is 10.8.